The Hall–Kier alpha value is -2.82. The zero-order valence-electron chi connectivity index (χ0n) is 15.0. The number of rotatable bonds is 7. The molecule has 2 aromatic rings. The number of hydrogen-bond acceptors (Lipinski definition) is 3. The van der Waals surface area contributed by atoms with Crippen LogP contribution in [0.2, 0.25) is 0 Å². The molecule has 2 amide bonds. The Bertz CT molecular complexity index is 719. The molecule has 0 heterocycles. The molecule has 0 atom stereocenters. The second-order valence-electron chi connectivity index (χ2n) is 6.15. The highest BCUT2D eigenvalue weighted by Crippen LogP contribution is 2.15. The smallest absolute Gasteiger partial charge is 0.243 e. The van der Waals surface area contributed by atoms with Crippen LogP contribution >= 0.6 is 0 Å². The van der Waals surface area contributed by atoms with Gasteiger partial charge in [-0.05, 0) is 67.8 Å². The van der Waals surface area contributed by atoms with Crippen molar-refractivity contribution in [2.45, 2.75) is 33.6 Å². The van der Waals surface area contributed by atoms with Gasteiger partial charge in [0.05, 0.1) is 6.54 Å². The zero-order valence-corrected chi connectivity index (χ0v) is 15.0. The maximum Gasteiger partial charge on any atom is 0.243 e. The minimum Gasteiger partial charge on any atom is -0.376 e. The van der Waals surface area contributed by atoms with Crippen LogP contribution in [0.15, 0.2) is 42.5 Å². The second-order valence-corrected chi connectivity index (χ2v) is 6.15. The highest BCUT2D eigenvalue weighted by molar-refractivity contribution is 5.94. The number of aryl methyl sites for hydroxylation is 2. The van der Waals surface area contributed by atoms with Gasteiger partial charge in [0.1, 0.15) is 0 Å². The number of hydrogen-bond donors (Lipinski definition) is 3. The van der Waals surface area contributed by atoms with Gasteiger partial charge in [0.2, 0.25) is 11.8 Å². The molecule has 0 bridgehead atoms. The fourth-order valence-electron chi connectivity index (χ4n) is 2.56. The van der Waals surface area contributed by atoms with E-state index in [9.17, 15) is 9.59 Å². The topological polar surface area (TPSA) is 70.2 Å². The Morgan fingerprint density at radius 1 is 0.800 bits per heavy atom. The Morgan fingerprint density at radius 2 is 1.36 bits per heavy atom. The van der Waals surface area contributed by atoms with Crippen molar-refractivity contribution >= 4 is 28.9 Å². The Morgan fingerprint density at radius 3 is 1.96 bits per heavy atom. The molecule has 0 saturated heterocycles. The first-order chi connectivity index (χ1) is 12.0. The quantitative estimate of drug-likeness (QED) is 0.711. The van der Waals surface area contributed by atoms with E-state index in [4.69, 9.17) is 0 Å². The molecule has 0 aliphatic heterocycles. The molecule has 0 spiro atoms. The third-order valence-corrected chi connectivity index (χ3v) is 3.60. The van der Waals surface area contributed by atoms with Crippen LogP contribution in [-0.4, -0.2) is 18.4 Å². The molecule has 5 heteroatoms. The van der Waals surface area contributed by atoms with Crippen molar-refractivity contribution in [3.8, 4) is 0 Å². The van der Waals surface area contributed by atoms with Crippen molar-refractivity contribution in [3.05, 3.63) is 53.6 Å². The summed E-state index contributed by atoms with van der Waals surface area (Å²) < 4.78 is 0. The van der Waals surface area contributed by atoms with Crippen LogP contribution in [0, 0.1) is 13.8 Å². The van der Waals surface area contributed by atoms with Gasteiger partial charge in [0.15, 0.2) is 0 Å². The van der Waals surface area contributed by atoms with E-state index in [0.717, 1.165) is 34.6 Å². The number of carbonyl (C=O) groups is 2. The molecule has 2 rings (SSSR count). The molecule has 0 radical (unpaired) electrons. The van der Waals surface area contributed by atoms with Gasteiger partial charge in [-0.15, -0.1) is 0 Å². The van der Waals surface area contributed by atoms with Crippen LogP contribution in [-0.2, 0) is 9.59 Å². The van der Waals surface area contributed by atoms with Gasteiger partial charge in [-0.2, -0.15) is 0 Å². The summed E-state index contributed by atoms with van der Waals surface area (Å²) >= 11 is 0. The summed E-state index contributed by atoms with van der Waals surface area (Å²) in [5, 5.41) is 8.79. The van der Waals surface area contributed by atoms with Crippen molar-refractivity contribution in [2.75, 3.05) is 22.5 Å². The van der Waals surface area contributed by atoms with Crippen LogP contribution in [0.5, 0.6) is 0 Å². The summed E-state index contributed by atoms with van der Waals surface area (Å²) in [6, 6.07) is 13.3. The summed E-state index contributed by atoms with van der Waals surface area (Å²) in [6.07, 6.45) is 1.33. The molecule has 0 aromatic heterocycles. The first kappa shape index (κ1) is 18.5. The third kappa shape index (κ3) is 6.30. The largest absolute Gasteiger partial charge is 0.376 e. The predicted molar refractivity (Wildman–Crippen MR) is 103 cm³/mol. The van der Waals surface area contributed by atoms with Gasteiger partial charge in [-0.3, -0.25) is 9.59 Å². The minimum atomic E-state index is -0.106. The number of carbonyl (C=O) groups excluding carboxylic acids is 2. The van der Waals surface area contributed by atoms with Crippen molar-refractivity contribution in [1.29, 1.82) is 0 Å². The average Bonchev–Trinajstić information content (AvgIpc) is 2.53. The van der Waals surface area contributed by atoms with E-state index in [1.165, 1.54) is 0 Å². The van der Waals surface area contributed by atoms with Gasteiger partial charge >= 0.3 is 0 Å². The summed E-state index contributed by atoms with van der Waals surface area (Å²) in [4.78, 5) is 23.6. The molecule has 0 fully saturated rings. The van der Waals surface area contributed by atoms with E-state index in [0.29, 0.717) is 6.42 Å². The van der Waals surface area contributed by atoms with Gasteiger partial charge in [0.25, 0.3) is 0 Å². The summed E-state index contributed by atoms with van der Waals surface area (Å²) in [7, 11) is 0. The highest BCUT2D eigenvalue weighted by atomic mass is 16.2. The van der Waals surface area contributed by atoms with Gasteiger partial charge in [-0.25, -0.2) is 0 Å². The lowest BCUT2D eigenvalue weighted by Crippen LogP contribution is -2.21. The van der Waals surface area contributed by atoms with Gasteiger partial charge in [-0.1, -0.05) is 13.0 Å². The highest BCUT2D eigenvalue weighted by Gasteiger charge is 2.04. The molecule has 0 unspecified atom stereocenters. The standard InChI is InChI=1S/C20H25N3O2/c1-4-5-19(24)22-17-8-6-16(7-9-17)21-13-20(25)23-18-11-14(2)10-15(3)12-18/h6-12,21H,4-5,13H2,1-3H3,(H,22,24)(H,23,25). The summed E-state index contributed by atoms with van der Waals surface area (Å²) in [5.74, 6) is -0.0960. The molecule has 0 saturated carbocycles. The van der Waals surface area contributed by atoms with Crippen LogP contribution < -0.4 is 16.0 Å². The fraction of sp³-hybridized carbons (Fsp3) is 0.300. The summed E-state index contributed by atoms with van der Waals surface area (Å²) in [6.45, 7) is 6.15. The summed E-state index contributed by atoms with van der Waals surface area (Å²) in [5.41, 5.74) is 4.61. The molecular weight excluding hydrogens is 314 g/mol. The number of amides is 2. The lowest BCUT2D eigenvalue weighted by Gasteiger charge is -2.10. The minimum absolute atomic E-state index is 0.0102. The van der Waals surface area contributed by atoms with Gasteiger partial charge < -0.3 is 16.0 Å². The van der Waals surface area contributed by atoms with Crippen LogP contribution in [0.3, 0.4) is 0 Å². The van der Waals surface area contributed by atoms with Crippen molar-refractivity contribution in [1.82, 2.24) is 0 Å². The first-order valence-electron chi connectivity index (χ1n) is 8.48. The monoisotopic (exact) mass is 339 g/mol. The Kier molecular flexibility index (Phi) is 6.57. The Labute approximate surface area is 148 Å². The molecule has 5 nitrogen and oxygen atoms in total. The van der Waals surface area contributed by atoms with Crippen LogP contribution in [0.25, 0.3) is 0 Å². The van der Waals surface area contributed by atoms with E-state index < -0.39 is 0 Å². The molecule has 132 valence electrons. The Balaban J connectivity index is 1.84. The van der Waals surface area contributed by atoms with E-state index >= 15 is 0 Å². The van der Waals surface area contributed by atoms with Crippen LogP contribution in [0.1, 0.15) is 30.9 Å². The van der Waals surface area contributed by atoms with E-state index in [-0.39, 0.29) is 18.4 Å². The maximum atomic E-state index is 12.1. The molecule has 0 aliphatic carbocycles. The van der Waals surface area contributed by atoms with Crippen molar-refractivity contribution in [3.63, 3.8) is 0 Å². The van der Waals surface area contributed by atoms with E-state index in [2.05, 4.69) is 22.0 Å². The average molecular weight is 339 g/mol. The number of anilines is 3. The lowest BCUT2D eigenvalue weighted by atomic mass is 10.1. The molecular formula is C20H25N3O2. The number of nitrogens with one attached hydrogen (secondary N) is 3. The maximum absolute atomic E-state index is 12.1. The van der Waals surface area contributed by atoms with Crippen molar-refractivity contribution < 1.29 is 9.59 Å². The van der Waals surface area contributed by atoms with E-state index in [1.807, 2.05) is 57.2 Å². The van der Waals surface area contributed by atoms with E-state index in [1.54, 1.807) is 0 Å². The third-order valence-electron chi connectivity index (χ3n) is 3.60. The normalized spacial score (nSPS) is 10.2. The van der Waals surface area contributed by atoms with Crippen LogP contribution in [0.4, 0.5) is 17.1 Å². The predicted octanol–water partition coefficient (Wildman–Crippen LogP) is 4.09. The lowest BCUT2D eigenvalue weighted by molar-refractivity contribution is -0.116. The first-order valence-corrected chi connectivity index (χ1v) is 8.48. The van der Waals surface area contributed by atoms with Crippen molar-refractivity contribution in [2.24, 2.45) is 0 Å². The molecule has 2 aromatic carbocycles. The molecule has 0 aliphatic rings. The van der Waals surface area contributed by atoms with Gasteiger partial charge in [0, 0.05) is 23.5 Å². The second kappa shape index (κ2) is 8.87. The molecule has 25 heavy (non-hydrogen) atoms. The SMILES string of the molecule is CCCC(=O)Nc1ccc(NCC(=O)Nc2cc(C)cc(C)c2)cc1. The number of benzene rings is 2. The molecule has 3 N–H and O–H groups in total. The fourth-order valence-corrected chi connectivity index (χ4v) is 2.56. The zero-order chi connectivity index (χ0) is 18.2.